The van der Waals surface area contributed by atoms with Crippen molar-refractivity contribution in [2.45, 2.75) is 26.2 Å². The van der Waals surface area contributed by atoms with E-state index in [9.17, 15) is 13.2 Å². The minimum Gasteiger partial charge on any atom is -0.312 e. The van der Waals surface area contributed by atoms with E-state index in [0.717, 1.165) is 18.7 Å². The number of fused-ring (bicyclic) bond motifs is 1. The van der Waals surface area contributed by atoms with Crippen LogP contribution in [0.3, 0.4) is 0 Å². The number of carbonyl (C=O) groups is 1. The standard InChI is InChI=1S/C16H21NO3S/c1-12-8-14-4-2-3-5-15(14)17(10-12)16(18)9-13-6-7-21(19,20)11-13/h2-5,12-13H,6-11H2,1H3. The number of carbonyl (C=O) groups excluding carboxylic acids is 1. The lowest BCUT2D eigenvalue weighted by molar-refractivity contribution is -0.119. The maximum atomic E-state index is 12.6. The van der Waals surface area contributed by atoms with E-state index in [1.165, 1.54) is 5.56 Å². The van der Waals surface area contributed by atoms with Crippen molar-refractivity contribution in [2.24, 2.45) is 11.8 Å². The average molecular weight is 307 g/mol. The van der Waals surface area contributed by atoms with Crippen LogP contribution in [0.5, 0.6) is 0 Å². The monoisotopic (exact) mass is 307 g/mol. The lowest BCUT2D eigenvalue weighted by atomic mass is 9.93. The summed E-state index contributed by atoms with van der Waals surface area (Å²) in [7, 11) is -2.91. The molecule has 2 heterocycles. The quantitative estimate of drug-likeness (QED) is 0.840. The van der Waals surface area contributed by atoms with Gasteiger partial charge in [-0.2, -0.15) is 0 Å². The van der Waals surface area contributed by atoms with E-state index in [-0.39, 0.29) is 23.3 Å². The predicted octanol–water partition coefficient (Wildman–Crippen LogP) is 2.04. The normalized spacial score (nSPS) is 27.4. The molecule has 0 N–H and O–H groups in total. The summed E-state index contributed by atoms with van der Waals surface area (Å²) in [6.45, 7) is 2.88. The number of amides is 1. The summed E-state index contributed by atoms with van der Waals surface area (Å²) in [4.78, 5) is 14.5. The number of sulfone groups is 1. The fraction of sp³-hybridized carbons (Fsp3) is 0.562. The molecule has 1 aromatic carbocycles. The molecule has 114 valence electrons. The van der Waals surface area contributed by atoms with Gasteiger partial charge >= 0.3 is 0 Å². The maximum absolute atomic E-state index is 12.6. The first kappa shape index (κ1) is 14.6. The average Bonchev–Trinajstić information content (AvgIpc) is 2.76. The molecule has 0 radical (unpaired) electrons. The van der Waals surface area contributed by atoms with Crippen molar-refractivity contribution in [1.82, 2.24) is 0 Å². The number of benzene rings is 1. The van der Waals surface area contributed by atoms with Gasteiger partial charge in [-0.1, -0.05) is 25.1 Å². The van der Waals surface area contributed by atoms with Gasteiger partial charge in [-0.05, 0) is 36.3 Å². The second-order valence-electron chi connectivity index (χ2n) is 6.42. The molecule has 0 aliphatic carbocycles. The number of nitrogens with zero attached hydrogens (tertiary/aromatic N) is 1. The molecular weight excluding hydrogens is 286 g/mol. The van der Waals surface area contributed by atoms with E-state index >= 15 is 0 Å². The van der Waals surface area contributed by atoms with Gasteiger partial charge in [0, 0.05) is 18.7 Å². The Kier molecular flexibility index (Phi) is 3.78. The molecule has 2 unspecified atom stereocenters. The molecule has 0 saturated carbocycles. The topological polar surface area (TPSA) is 54.5 Å². The summed E-state index contributed by atoms with van der Waals surface area (Å²) < 4.78 is 23.0. The van der Waals surface area contributed by atoms with Crippen LogP contribution < -0.4 is 4.90 Å². The summed E-state index contributed by atoms with van der Waals surface area (Å²) >= 11 is 0. The SMILES string of the molecule is CC1Cc2ccccc2N(C(=O)CC2CCS(=O)(=O)C2)C1. The Labute approximate surface area is 126 Å². The molecule has 0 spiro atoms. The summed E-state index contributed by atoms with van der Waals surface area (Å²) in [5.74, 6) is 0.904. The Morgan fingerprint density at radius 1 is 1.33 bits per heavy atom. The Morgan fingerprint density at radius 3 is 2.81 bits per heavy atom. The summed E-state index contributed by atoms with van der Waals surface area (Å²) in [6.07, 6.45) is 1.97. The first-order valence-corrected chi connectivity index (χ1v) is 9.35. The Balaban J connectivity index is 1.76. The minimum absolute atomic E-state index is 0.00750. The molecule has 1 amide bonds. The fourth-order valence-electron chi connectivity index (χ4n) is 3.42. The van der Waals surface area contributed by atoms with Crippen LogP contribution in [-0.4, -0.2) is 32.4 Å². The Bertz CT molecular complexity index is 653. The maximum Gasteiger partial charge on any atom is 0.227 e. The van der Waals surface area contributed by atoms with E-state index in [4.69, 9.17) is 0 Å². The van der Waals surface area contributed by atoms with Gasteiger partial charge in [0.25, 0.3) is 0 Å². The van der Waals surface area contributed by atoms with Crippen molar-refractivity contribution < 1.29 is 13.2 Å². The summed E-state index contributed by atoms with van der Waals surface area (Å²) in [6, 6.07) is 8.02. The van der Waals surface area contributed by atoms with Crippen LogP contribution in [-0.2, 0) is 21.1 Å². The van der Waals surface area contributed by atoms with Crippen LogP contribution in [0.25, 0.3) is 0 Å². The van der Waals surface area contributed by atoms with Crippen LogP contribution in [0.1, 0.15) is 25.3 Å². The van der Waals surface area contributed by atoms with E-state index in [1.807, 2.05) is 23.1 Å². The van der Waals surface area contributed by atoms with Gasteiger partial charge in [-0.25, -0.2) is 8.42 Å². The third-order valence-corrected chi connectivity index (χ3v) is 6.27. The molecule has 21 heavy (non-hydrogen) atoms. The van der Waals surface area contributed by atoms with Gasteiger partial charge in [0.05, 0.1) is 11.5 Å². The van der Waals surface area contributed by atoms with Crippen molar-refractivity contribution in [3.05, 3.63) is 29.8 Å². The molecule has 2 aliphatic heterocycles. The van der Waals surface area contributed by atoms with Crippen molar-refractivity contribution in [3.63, 3.8) is 0 Å². The van der Waals surface area contributed by atoms with Crippen molar-refractivity contribution in [1.29, 1.82) is 0 Å². The molecule has 2 atom stereocenters. The first-order valence-electron chi connectivity index (χ1n) is 7.53. The molecule has 2 aliphatic rings. The second kappa shape index (κ2) is 5.44. The molecule has 1 saturated heterocycles. The molecule has 4 nitrogen and oxygen atoms in total. The third kappa shape index (κ3) is 3.12. The highest BCUT2D eigenvalue weighted by Gasteiger charge is 2.32. The fourth-order valence-corrected chi connectivity index (χ4v) is 5.28. The van der Waals surface area contributed by atoms with Crippen molar-refractivity contribution in [2.75, 3.05) is 23.0 Å². The van der Waals surface area contributed by atoms with Crippen LogP contribution in [0, 0.1) is 11.8 Å². The number of para-hydroxylation sites is 1. The van der Waals surface area contributed by atoms with Gasteiger partial charge in [0.15, 0.2) is 9.84 Å². The highest BCUT2D eigenvalue weighted by Crippen LogP contribution is 2.31. The lowest BCUT2D eigenvalue weighted by Gasteiger charge is -2.33. The van der Waals surface area contributed by atoms with Crippen LogP contribution in [0.2, 0.25) is 0 Å². The van der Waals surface area contributed by atoms with Gasteiger partial charge < -0.3 is 4.90 Å². The third-order valence-electron chi connectivity index (χ3n) is 4.44. The van der Waals surface area contributed by atoms with E-state index in [2.05, 4.69) is 13.0 Å². The van der Waals surface area contributed by atoms with E-state index in [0.29, 0.717) is 18.8 Å². The molecule has 1 aromatic rings. The van der Waals surface area contributed by atoms with Gasteiger partial charge in [0.1, 0.15) is 0 Å². The van der Waals surface area contributed by atoms with Crippen molar-refractivity contribution >= 4 is 21.4 Å². The lowest BCUT2D eigenvalue weighted by Crippen LogP contribution is -2.40. The highest BCUT2D eigenvalue weighted by molar-refractivity contribution is 7.91. The zero-order valence-corrected chi connectivity index (χ0v) is 13.1. The predicted molar refractivity (Wildman–Crippen MR) is 83.0 cm³/mol. The second-order valence-corrected chi connectivity index (χ2v) is 8.64. The molecule has 1 fully saturated rings. The number of anilines is 1. The minimum atomic E-state index is -2.91. The van der Waals surface area contributed by atoms with Crippen molar-refractivity contribution in [3.8, 4) is 0 Å². The molecule has 3 rings (SSSR count). The van der Waals surface area contributed by atoms with E-state index in [1.54, 1.807) is 0 Å². The molecular formula is C16H21NO3S. The zero-order valence-electron chi connectivity index (χ0n) is 12.3. The number of hydrogen-bond donors (Lipinski definition) is 0. The van der Waals surface area contributed by atoms with Crippen LogP contribution in [0.15, 0.2) is 24.3 Å². The molecule has 0 aromatic heterocycles. The summed E-state index contributed by atoms with van der Waals surface area (Å²) in [5.41, 5.74) is 2.21. The Morgan fingerprint density at radius 2 is 2.10 bits per heavy atom. The number of hydrogen-bond acceptors (Lipinski definition) is 3. The smallest absolute Gasteiger partial charge is 0.227 e. The number of rotatable bonds is 2. The Hall–Kier alpha value is -1.36. The highest BCUT2D eigenvalue weighted by atomic mass is 32.2. The zero-order chi connectivity index (χ0) is 15.0. The van der Waals surface area contributed by atoms with E-state index < -0.39 is 9.84 Å². The van der Waals surface area contributed by atoms with Gasteiger partial charge in [0.2, 0.25) is 5.91 Å². The van der Waals surface area contributed by atoms with Gasteiger partial charge in [-0.15, -0.1) is 0 Å². The first-order chi connectivity index (χ1) is 9.94. The van der Waals surface area contributed by atoms with Gasteiger partial charge in [-0.3, -0.25) is 4.79 Å². The molecule has 0 bridgehead atoms. The molecule has 5 heteroatoms. The van der Waals surface area contributed by atoms with Crippen LogP contribution in [0.4, 0.5) is 5.69 Å². The van der Waals surface area contributed by atoms with Crippen LogP contribution >= 0.6 is 0 Å². The summed E-state index contributed by atoms with van der Waals surface area (Å²) in [5, 5.41) is 0. The largest absolute Gasteiger partial charge is 0.312 e.